The van der Waals surface area contributed by atoms with Crippen molar-refractivity contribution < 1.29 is 38.7 Å². The van der Waals surface area contributed by atoms with E-state index in [9.17, 15) is 15.0 Å². The number of aliphatic carboxylic acids is 1. The van der Waals surface area contributed by atoms with Gasteiger partial charge in [-0.25, -0.2) is 0 Å². The summed E-state index contributed by atoms with van der Waals surface area (Å²) in [6.45, 7) is 7.68. The van der Waals surface area contributed by atoms with Gasteiger partial charge in [0.15, 0.2) is 0 Å². The van der Waals surface area contributed by atoms with E-state index >= 15 is 0 Å². The lowest BCUT2D eigenvalue weighted by molar-refractivity contribution is -0.375. The molecule has 5 aromatic rings. The topological polar surface area (TPSA) is 104 Å². The zero-order chi connectivity index (χ0) is 40.6. The molecule has 304 valence electrons. The average Bonchev–Trinajstić information content (AvgIpc) is 3.25. The first kappa shape index (κ1) is 42.7. The molecule has 8 nitrogen and oxygen atoms in total. The Balaban J connectivity index is 1.33. The number of ether oxygens (including phenoxy) is 5. The predicted molar refractivity (Wildman–Crippen MR) is 225 cm³/mol. The predicted octanol–water partition coefficient (Wildman–Crippen LogP) is 9.28. The molecule has 8 heteroatoms. The number of rotatable bonds is 22. The molecule has 0 bridgehead atoms. The van der Waals surface area contributed by atoms with Crippen LogP contribution in [0, 0.1) is 6.92 Å². The van der Waals surface area contributed by atoms with E-state index in [0.717, 1.165) is 59.3 Å². The fraction of sp³-hybridized carbons (Fsp3) is 0.340. The van der Waals surface area contributed by atoms with Crippen LogP contribution in [0.5, 0.6) is 0 Å². The van der Waals surface area contributed by atoms with Gasteiger partial charge in [-0.05, 0) is 84.0 Å². The quantitative estimate of drug-likeness (QED) is 0.0529. The summed E-state index contributed by atoms with van der Waals surface area (Å²) in [5.74, 6) is -3.01. The monoisotopic (exact) mass is 784 g/mol. The Kier molecular flexibility index (Phi) is 16.0. The molecule has 1 fully saturated rings. The van der Waals surface area contributed by atoms with Gasteiger partial charge < -0.3 is 33.9 Å². The summed E-state index contributed by atoms with van der Waals surface area (Å²) in [5, 5.41) is 23.0. The average molecular weight is 785 g/mol. The van der Waals surface area contributed by atoms with E-state index in [1.807, 2.05) is 109 Å². The minimum atomic E-state index is -2.03. The van der Waals surface area contributed by atoms with Crippen LogP contribution in [0.1, 0.15) is 70.2 Å². The zero-order valence-corrected chi connectivity index (χ0v) is 33.4. The van der Waals surface area contributed by atoms with Crippen molar-refractivity contribution in [3.63, 3.8) is 0 Å². The number of unbranched alkanes of at least 4 members (excludes halogenated alkanes) is 1. The second-order valence-corrected chi connectivity index (χ2v) is 15.0. The van der Waals surface area contributed by atoms with Gasteiger partial charge in [0, 0.05) is 18.6 Å². The lowest BCUT2D eigenvalue weighted by Crippen LogP contribution is -2.65. The minimum absolute atomic E-state index is 0.0839. The van der Waals surface area contributed by atoms with E-state index in [4.69, 9.17) is 23.7 Å². The maximum absolute atomic E-state index is 13.1. The van der Waals surface area contributed by atoms with Crippen LogP contribution in [-0.4, -0.2) is 53.8 Å². The van der Waals surface area contributed by atoms with Crippen molar-refractivity contribution in [1.82, 2.24) is 0 Å². The number of carboxylic acids is 1. The van der Waals surface area contributed by atoms with Crippen LogP contribution in [-0.2, 0) is 66.9 Å². The van der Waals surface area contributed by atoms with Gasteiger partial charge in [0.1, 0.15) is 18.3 Å². The van der Waals surface area contributed by atoms with Gasteiger partial charge in [-0.15, -0.1) is 6.58 Å². The molecule has 0 amide bonds. The molecule has 1 aliphatic heterocycles. The molecule has 5 atom stereocenters. The lowest BCUT2D eigenvalue weighted by atomic mass is 9.84. The van der Waals surface area contributed by atoms with Gasteiger partial charge in [-0.3, -0.25) is 4.79 Å². The fourth-order valence-electron chi connectivity index (χ4n) is 7.41. The van der Waals surface area contributed by atoms with E-state index in [1.165, 1.54) is 5.56 Å². The molecule has 0 aliphatic carbocycles. The van der Waals surface area contributed by atoms with E-state index in [2.05, 4.69) is 37.8 Å². The molecular formula is C50H56O8. The highest BCUT2D eigenvalue weighted by molar-refractivity contribution is 5.66. The number of aliphatic hydroxyl groups is 1. The SMILES string of the molecule is C=CCOCCCCc1ccc(Cc2cc([C@]3(O)O[C@H](CCC(=O)O)[C@@H](OCc4ccccc4)[C@H](OCc4ccccc4)[C@H]3OCc3ccccc3)ccc2C)cc1. The summed E-state index contributed by atoms with van der Waals surface area (Å²) >= 11 is 0. The van der Waals surface area contributed by atoms with Crippen molar-refractivity contribution in [2.75, 3.05) is 13.2 Å². The molecule has 6 rings (SSSR count). The second-order valence-electron chi connectivity index (χ2n) is 15.0. The summed E-state index contributed by atoms with van der Waals surface area (Å²) in [7, 11) is 0. The first-order valence-electron chi connectivity index (χ1n) is 20.3. The van der Waals surface area contributed by atoms with Crippen LogP contribution >= 0.6 is 0 Å². The van der Waals surface area contributed by atoms with E-state index in [-0.39, 0.29) is 32.7 Å². The molecule has 0 spiro atoms. The summed E-state index contributed by atoms with van der Waals surface area (Å²) < 4.78 is 32.5. The van der Waals surface area contributed by atoms with Crippen molar-refractivity contribution in [1.29, 1.82) is 0 Å². The minimum Gasteiger partial charge on any atom is -0.481 e. The molecule has 5 aromatic carbocycles. The Hall–Kier alpha value is -4.93. The summed E-state index contributed by atoms with van der Waals surface area (Å²) in [5.41, 5.74) is 7.79. The lowest BCUT2D eigenvalue weighted by Gasteiger charge is -2.50. The first-order valence-corrected chi connectivity index (χ1v) is 20.3. The Morgan fingerprint density at radius 1 is 0.724 bits per heavy atom. The number of aryl methyl sites for hydroxylation is 2. The first-order chi connectivity index (χ1) is 28.3. The van der Waals surface area contributed by atoms with Crippen molar-refractivity contribution in [2.45, 2.75) is 95.5 Å². The van der Waals surface area contributed by atoms with Gasteiger partial charge in [0.05, 0.1) is 32.5 Å². The molecule has 2 N–H and O–H groups in total. The van der Waals surface area contributed by atoms with Crippen LogP contribution in [0.2, 0.25) is 0 Å². The molecule has 0 saturated carbocycles. The maximum atomic E-state index is 13.1. The van der Waals surface area contributed by atoms with Gasteiger partial charge in [-0.2, -0.15) is 0 Å². The normalized spacial score (nSPS) is 20.4. The van der Waals surface area contributed by atoms with Gasteiger partial charge in [0.2, 0.25) is 5.79 Å². The summed E-state index contributed by atoms with van der Waals surface area (Å²) in [6.07, 6.45) is 1.75. The third-order valence-corrected chi connectivity index (χ3v) is 10.6. The van der Waals surface area contributed by atoms with Crippen LogP contribution in [0.25, 0.3) is 0 Å². The molecule has 1 saturated heterocycles. The summed E-state index contributed by atoms with van der Waals surface area (Å²) in [6, 6.07) is 43.9. The maximum Gasteiger partial charge on any atom is 0.303 e. The third-order valence-electron chi connectivity index (χ3n) is 10.6. The van der Waals surface area contributed by atoms with Crippen molar-refractivity contribution in [2.24, 2.45) is 0 Å². The number of hydrogen-bond donors (Lipinski definition) is 2. The van der Waals surface area contributed by atoms with Crippen LogP contribution in [0.4, 0.5) is 0 Å². The van der Waals surface area contributed by atoms with Crippen LogP contribution < -0.4 is 0 Å². The smallest absolute Gasteiger partial charge is 0.303 e. The standard InChI is InChI=1S/C50H56O8/c1-3-30-54-31-14-13-15-38-23-25-39(26-24-38)32-43-33-44(27-22-37(43)2)50(53)49(57-36-42-20-11-6-12-21-42)48(56-35-41-18-9-5-10-19-41)47(45(58-50)28-29-46(51)52)55-34-40-16-7-4-8-17-40/h3-12,16-27,33,45,47-49,53H,1,13-15,28-32,34-36H2,2H3,(H,51,52)/t45-,47-,48+,49-,50+/m1/s1. The largest absolute Gasteiger partial charge is 0.481 e. The highest BCUT2D eigenvalue weighted by Crippen LogP contribution is 2.43. The Morgan fingerprint density at radius 3 is 1.88 bits per heavy atom. The fourth-order valence-corrected chi connectivity index (χ4v) is 7.41. The van der Waals surface area contributed by atoms with Gasteiger partial charge >= 0.3 is 5.97 Å². The second kappa shape index (κ2) is 21.7. The number of benzene rings is 5. The third kappa shape index (κ3) is 12.1. The van der Waals surface area contributed by atoms with Gasteiger partial charge in [-0.1, -0.05) is 133 Å². The van der Waals surface area contributed by atoms with Crippen LogP contribution in [0.15, 0.2) is 146 Å². The molecule has 0 unspecified atom stereocenters. The molecule has 0 radical (unpaired) electrons. The van der Waals surface area contributed by atoms with Crippen LogP contribution in [0.3, 0.4) is 0 Å². The molecule has 58 heavy (non-hydrogen) atoms. The van der Waals surface area contributed by atoms with Crippen molar-refractivity contribution >= 4 is 5.97 Å². The Labute approximate surface area is 343 Å². The summed E-state index contributed by atoms with van der Waals surface area (Å²) in [4.78, 5) is 12.0. The van der Waals surface area contributed by atoms with Crippen molar-refractivity contribution in [3.05, 3.63) is 191 Å². The van der Waals surface area contributed by atoms with Gasteiger partial charge in [0.25, 0.3) is 0 Å². The van der Waals surface area contributed by atoms with E-state index in [0.29, 0.717) is 18.6 Å². The Bertz CT molecular complexity index is 1990. The molecule has 1 heterocycles. The zero-order valence-electron chi connectivity index (χ0n) is 33.4. The Morgan fingerprint density at radius 2 is 1.29 bits per heavy atom. The number of carboxylic acid groups (broad SMARTS) is 1. The van der Waals surface area contributed by atoms with Crippen molar-refractivity contribution in [3.8, 4) is 0 Å². The van der Waals surface area contributed by atoms with E-state index < -0.39 is 36.2 Å². The van der Waals surface area contributed by atoms with E-state index in [1.54, 1.807) is 6.08 Å². The highest BCUT2D eigenvalue weighted by Gasteiger charge is 2.57. The number of carbonyl (C=O) groups is 1. The highest BCUT2D eigenvalue weighted by atomic mass is 16.7. The molecule has 1 aliphatic rings. The molecular weight excluding hydrogens is 729 g/mol. The number of hydrogen-bond acceptors (Lipinski definition) is 7. The molecule has 0 aromatic heterocycles.